The van der Waals surface area contributed by atoms with E-state index in [0.29, 0.717) is 13.1 Å². The van der Waals surface area contributed by atoms with Gasteiger partial charge in [-0.2, -0.15) is 0 Å². The summed E-state index contributed by atoms with van der Waals surface area (Å²) >= 11 is 0. The minimum absolute atomic E-state index is 0.0240. The summed E-state index contributed by atoms with van der Waals surface area (Å²) in [6, 6.07) is 8.69. The van der Waals surface area contributed by atoms with Gasteiger partial charge in [-0.15, -0.1) is 6.58 Å². The fraction of sp³-hybridized carbons (Fsp3) is 0.118. The SMILES string of the molecule is C=CCN(Cc1ccc(F)cc1)c1ccc(NC(=O)O)c(N)c1F. The highest BCUT2D eigenvalue weighted by Crippen LogP contribution is 2.31. The molecule has 0 fully saturated rings. The van der Waals surface area contributed by atoms with Gasteiger partial charge < -0.3 is 15.7 Å². The number of nitrogen functional groups attached to an aromatic ring is 1. The summed E-state index contributed by atoms with van der Waals surface area (Å²) in [5, 5.41) is 10.8. The van der Waals surface area contributed by atoms with Crippen molar-refractivity contribution in [2.24, 2.45) is 0 Å². The lowest BCUT2D eigenvalue weighted by Gasteiger charge is -2.25. The normalized spacial score (nSPS) is 10.2. The van der Waals surface area contributed by atoms with Crippen molar-refractivity contribution in [3.05, 3.63) is 66.3 Å². The zero-order chi connectivity index (χ0) is 17.7. The van der Waals surface area contributed by atoms with Gasteiger partial charge in [-0.25, -0.2) is 13.6 Å². The van der Waals surface area contributed by atoms with Gasteiger partial charge in [-0.1, -0.05) is 18.2 Å². The molecule has 0 aliphatic carbocycles. The first-order valence-corrected chi connectivity index (χ1v) is 7.10. The molecule has 0 heterocycles. The molecular weight excluding hydrogens is 316 g/mol. The molecule has 0 radical (unpaired) electrons. The largest absolute Gasteiger partial charge is 0.465 e. The number of halogens is 2. The van der Waals surface area contributed by atoms with Crippen molar-refractivity contribution in [3.63, 3.8) is 0 Å². The van der Waals surface area contributed by atoms with Crippen LogP contribution in [0.15, 0.2) is 49.1 Å². The molecule has 0 bridgehead atoms. The van der Waals surface area contributed by atoms with Gasteiger partial charge in [0.15, 0.2) is 5.82 Å². The predicted molar refractivity (Wildman–Crippen MR) is 90.1 cm³/mol. The molecule has 0 aliphatic heterocycles. The Balaban J connectivity index is 2.33. The highest BCUT2D eigenvalue weighted by Gasteiger charge is 2.17. The Morgan fingerprint density at radius 1 is 1.25 bits per heavy atom. The minimum atomic E-state index is -1.33. The molecule has 1 amide bonds. The second-order valence-electron chi connectivity index (χ2n) is 5.09. The number of nitrogens with one attached hydrogen (secondary N) is 1. The Labute approximate surface area is 138 Å². The van der Waals surface area contributed by atoms with Crippen LogP contribution < -0.4 is 16.0 Å². The molecule has 2 aromatic carbocycles. The van der Waals surface area contributed by atoms with Crippen molar-refractivity contribution < 1.29 is 18.7 Å². The number of amides is 1. The minimum Gasteiger partial charge on any atom is -0.465 e. The van der Waals surface area contributed by atoms with Gasteiger partial charge in [0, 0.05) is 13.1 Å². The Kier molecular flexibility index (Phi) is 5.36. The van der Waals surface area contributed by atoms with Gasteiger partial charge in [-0.3, -0.25) is 5.32 Å². The first-order chi connectivity index (χ1) is 11.4. The summed E-state index contributed by atoms with van der Waals surface area (Å²) < 4.78 is 27.6. The van der Waals surface area contributed by atoms with Gasteiger partial charge in [0.1, 0.15) is 5.82 Å². The first kappa shape index (κ1) is 17.3. The molecule has 24 heavy (non-hydrogen) atoms. The van der Waals surface area contributed by atoms with Crippen molar-refractivity contribution in [3.8, 4) is 0 Å². The summed E-state index contributed by atoms with van der Waals surface area (Å²) in [6.07, 6.45) is 0.269. The number of anilines is 3. The van der Waals surface area contributed by atoms with Crippen LogP contribution in [0, 0.1) is 11.6 Å². The number of nitrogens with two attached hydrogens (primary N) is 1. The van der Waals surface area contributed by atoms with Crippen LogP contribution in [0.2, 0.25) is 0 Å². The average Bonchev–Trinajstić information content (AvgIpc) is 2.53. The van der Waals surface area contributed by atoms with Gasteiger partial charge in [0.2, 0.25) is 0 Å². The van der Waals surface area contributed by atoms with Crippen LogP contribution >= 0.6 is 0 Å². The maximum absolute atomic E-state index is 14.6. The monoisotopic (exact) mass is 333 g/mol. The Bertz CT molecular complexity index is 748. The first-order valence-electron chi connectivity index (χ1n) is 7.10. The second-order valence-corrected chi connectivity index (χ2v) is 5.09. The van der Waals surface area contributed by atoms with Crippen molar-refractivity contribution in [2.75, 3.05) is 22.5 Å². The van der Waals surface area contributed by atoms with E-state index >= 15 is 0 Å². The standard InChI is InChI=1S/C17H17F2N3O2/c1-2-9-22(10-11-3-5-12(18)6-4-11)14-8-7-13(21-17(23)24)16(20)15(14)19/h2-8,21H,1,9-10,20H2,(H,23,24). The van der Waals surface area contributed by atoms with Crippen LogP contribution in [0.4, 0.5) is 30.6 Å². The van der Waals surface area contributed by atoms with Gasteiger partial charge >= 0.3 is 6.09 Å². The zero-order valence-electron chi connectivity index (χ0n) is 12.8. The third-order valence-electron chi connectivity index (χ3n) is 3.38. The van der Waals surface area contributed by atoms with Crippen molar-refractivity contribution >= 4 is 23.2 Å². The molecule has 0 spiro atoms. The maximum atomic E-state index is 14.6. The van der Waals surface area contributed by atoms with E-state index in [1.165, 1.54) is 24.3 Å². The predicted octanol–water partition coefficient (Wildman–Crippen LogP) is 3.83. The quantitative estimate of drug-likeness (QED) is 0.554. The van der Waals surface area contributed by atoms with E-state index in [4.69, 9.17) is 10.8 Å². The van der Waals surface area contributed by atoms with E-state index in [0.717, 1.165) is 5.56 Å². The van der Waals surface area contributed by atoms with Crippen LogP contribution in [0.3, 0.4) is 0 Å². The highest BCUT2D eigenvalue weighted by atomic mass is 19.1. The molecule has 0 aromatic heterocycles. The second kappa shape index (κ2) is 7.45. The Morgan fingerprint density at radius 2 is 1.92 bits per heavy atom. The molecule has 4 N–H and O–H groups in total. The lowest BCUT2D eigenvalue weighted by molar-refractivity contribution is 0.210. The Morgan fingerprint density at radius 3 is 2.50 bits per heavy atom. The molecule has 2 rings (SSSR count). The molecule has 0 saturated heterocycles. The molecular formula is C17H17F2N3O2. The fourth-order valence-corrected chi connectivity index (χ4v) is 2.26. The van der Waals surface area contributed by atoms with E-state index in [-0.39, 0.29) is 22.9 Å². The Hall–Kier alpha value is -3.09. The summed E-state index contributed by atoms with van der Waals surface area (Å²) in [4.78, 5) is 12.3. The molecule has 0 aliphatic rings. The lowest BCUT2D eigenvalue weighted by atomic mass is 10.1. The smallest absolute Gasteiger partial charge is 0.409 e. The van der Waals surface area contributed by atoms with Crippen LogP contribution in [0.5, 0.6) is 0 Å². The van der Waals surface area contributed by atoms with Crippen LogP contribution in [0.1, 0.15) is 5.56 Å². The van der Waals surface area contributed by atoms with Gasteiger partial charge in [0.05, 0.1) is 17.1 Å². The van der Waals surface area contributed by atoms with Crippen LogP contribution in [-0.4, -0.2) is 17.7 Å². The fourth-order valence-electron chi connectivity index (χ4n) is 2.26. The number of nitrogens with zero attached hydrogens (tertiary/aromatic N) is 1. The number of hydrogen-bond acceptors (Lipinski definition) is 3. The highest BCUT2D eigenvalue weighted by molar-refractivity contribution is 5.88. The van der Waals surface area contributed by atoms with Gasteiger partial charge in [-0.05, 0) is 29.8 Å². The maximum Gasteiger partial charge on any atom is 0.409 e. The number of rotatable bonds is 6. The third-order valence-corrected chi connectivity index (χ3v) is 3.38. The number of carboxylic acid groups (broad SMARTS) is 1. The number of hydrogen-bond donors (Lipinski definition) is 3. The molecule has 0 unspecified atom stereocenters. The van der Waals surface area contributed by atoms with Crippen LogP contribution in [0.25, 0.3) is 0 Å². The topological polar surface area (TPSA) is 78.6 Å². The zero-order valence-corrected chi connectivity index (χ0v) is 12.8. The molecule has 126 valence electrons. The van der Waals surface area contributed by atoms with Crippen molar-refractivity contribution in [1.82, 2.24) is 0 Å². The number of benzene rings is 2. The van der Waals surface area contributed by atoms with Gasteiger partial charge in [0.25, 0.3) is 0 Å². The van der Waals surface area contributed by atoms with E-state index in [1.54, 1.807) is 23.1 Å². The molecule has 0 atom stereocenters. The summed E-state index contributed by atoms with van der Waals surface area (Å²) in [5.41, 5.74) is 6.35. The van der Waals surface area contributed by atoms with Crippen molar-refractivity contribution in [1.29, 1.82) is 0 Å². The van der Waals surface area contributed by atoms with E-state index < -0.39 is 11.9 Å². The van der Waals surface area contributed by atoms with E-state index in [2.05, 4.69) is 6.58 Å². The van der Waals surface area contributed by atoms with E-state index in [1.807, 2.05) is 5.32 Å². The number of carbonyl (C=O) groups is 1. The molecule has 0 saturated carbocycles. The lowest BCUT2D eigenvalue weighted by Crippen LogP contribution is -2.24. The third kappa shape index (κ3) is 4.01. The summed E-state index contributed by atoms with van der Waals surface area (Å²) in [6.45, 7) is 4.29. The molecule has 7 heteroatoms. The average molecular weight is 333 g/mol. The van der Waals surface area contributed by atoms with E-state index in [9.17, 15) is 13.6 Å². The molecule has 2 aromatic rings. The summed E-state index contributed by atoms with van der Waals surface area (Å²) in [5.74, 6) is -1.08. The molecule has 5 nitrogen and oxygen atoms in total. The van der Waals surface area contributed by atoms with Crippen molar-refractivity contribution in [2.45, 2.75) is 6.54 Å². The summed E-state index contributed by atoms with van der Waals surface area (Å²) in [7, 11) is 0. The van der Waals surface area contributed by atoms with Crippen LogP contribution in [-0.2, 0) is 6.54 Å².